The molecule has 34 valence electrons. The molecule has 0 amide bonds. The van der Waals surface area contributed by atoms with E-state index in [9.17, 15) is 9.59 Å². The van der Waals surface area contributed by atoms with Gasteiger partial charge in [-0.15, -0.1) is 0 Å². The Morgan fingerprint density at radius 2 is 1.86 bits per heavy atom. The molecule has 7 heavy (non-hydrogen) atoms. The fraction of sp³-hybridized carbons (Fsp3) is 0. The Bertz CT molecular complexity index is 163. The summed E-state index contributed by atoms with van der Waals surface area (Å²) in [6.07, 6.45) is 2.17. The molecule has 0 atom stereocenters. The molecule has 0 radical (unpaired) electrons. The van der Waals surface area contributed by atoms with Crippen molar-refractivity contribution in [2.75, 3.05) is 0 Å². The van der Waals surface area contributed by atoms with Crippen molar-refractivity contribution in [2.24, 2.45) is 0 Å². The Morgan fingerprint density at radius 3 is 2.29 bits per heavy atom. The van der Waals surface area contributed by atoms with E-state index in [-0.39, 0.29) is 0 Å². The summed E-state index contributed by atoms with van der Waals surface area (Å²) >= 11 is 0. The van der Waals surface area contributed by atoms with Gasteiger partial charge in [0.25, 0.3) is 0 Å². The Morgan fingerprint density at radius 1 is 1.14 bits per heavy atom. The first-order valence-corrected chi connectivity index (χ1v) is 1.57. The third-order valence-corrected chi connectivity index (χ3v) is 0.294. The van der Waals surface area contributed by atoms with E-state index in [2.05, 4.69) is 0 Å². The standard InChI is InChI=1S/C5H2O2/c6-4-2-1-3-5-7/h1-2H. The summed E-state index contributed by atoms with van der Waals surface area (Å²) in [6, 6.07) is 0. The molecule has 2 heteroatoms. The molecule has 0 aromatic heterocycles. The van der Waals surface area contributed by atoms with Crippen LogP contribution in [0.5, 0.6) is 0 Å². The summed E-state index contributed by atoms with van der Waals surface area (Å²) in [4.78, 5) is 18.6. The average Bonchev–Trinajstić information content (AvgIpc) is 1.69. The number of hydrogen-bond donors (Lipinski definition) is 0. The van der Waals surface area contributed by atoms with Crippen molar-refractivity contribution in [3.05, 3.63) is 17.9 Å². The summed E-state index contributed by atoms with van der Waals surface area (Å²) in [5.41, 5.74) is 2.00. The SMILES string of the molecule is O=C=C=CC=C=O. The van der Waals surface area contributed by atoms with Crippen LogP contribution in [0.1, 0.15) is 0 Å². The van der Waals surface area contributed by atoms with Gasteiger partial charge in [0.15, 0.2) is 5.94 Å². The second-order valence-corrected chi connectivity index (χ2v) is 0.698. The third-order valence-electron chi connectivity index (χ3n) is 0.294. The Hall–Kier alpha value is -1.32. The van der Waals surface area contributed by atoms with E-state index in [4.69, 9.17) is 0 Å². The lowest BCUT2D eigenvalue weighted by molar-refractivity contribution is 0.569. The highest BCUT2D eigenvalue weighted by Gasteiger charge is 1.49. The van der Waals surface area contributed by atoms with E-state index in [0.717, 1.165) is 12.2 Å². The van der Waals surface area contributed by atoms with Crippen LogP contribution in [-0.4, -0.2) is 11.9 Å². The van der Waals surface area contributed by atoms with Crippen LogP contribution in [0.15, 0.2) is 17.9 Å². The summed E-state index contributed by atoms with van der Waals surface area (Å²) < 4.78 is 0. The molecule has 0 saturated carbocycles. The van der Waals surface area contributed by atoms with Crippen LogP contribution < -0.4 is 0 Å². The monoisotopic (exact) mass is 94.0 g/mol. The van der Waals surface area contributed by atoms with Gasteiger partial charge in [-0.2, -0.15) is 0 Å². The first kappa shape index (κ1) is 5.68. The molecule has 0 N–H and O–H groups in total. The van der Waals surface area contributed by atoms with Crippen molar-refractivity contribution >= 4 is 11.9 Å². The first-order chi connectivity index (χ1) is 3.41. The quantitative estimate of drug-likeness (QED) is 0.258. The van der Waals surface area contributed by atoms with E-state index in [1.54, 1.807) is 0 Å². The predicted octanol–water partition coefficient (Wildman–Crippen LogP) is -0.0829. The van der Waals surface area contributed by atoms with Crippen molar-refractivity contribution in [1.29, 1.82) is 0 Å². The highest BCUT2D eigenvalue weighted by atomic mass is 16.1. The van der Waals surface area contributed by atoms with Gasteiger partial charge in [0.1, 0.15) is 5.94 Å². The second-order valence-electron chi connectivity index (χ2n) is 0.698. The molecule has 0 fully saturated rings. The van der Waals surface area contributed by atoms with Crippen LogP contribution in [0.3, 0.4) is 0 Å². The summed E-state index contributed by atoms with van der Waals surface area (Å²) in [5, 5.41) is 0. The molecule has 0 spiro atoms. The number of rotatable bonds is 1. The lowest BCUT2D eigenvalue weighted by Crippen LogP contribution is -1.43. The number of allylic oxidation sites excluding steroid dienone is 2. The smallest absolute Gasteiger partial charge is 0.177 e. The van der Waals surface area contributed by atoms with Gasteiger partial charge in [0.2, 0.25) is 0 Å². The second kappa shape index (κ2) is 4.68. The molecule has 0 rings (SSSR count). The summed E-state index contributed by atoms with van der Waals surface area (Å²) in [6.45, 7) is 0. The van der Waals surface area contributed by atoms with E-state index in [1.807, 2.05) is 5.73 Å². The first-order valence-electron chi connectivity index (χ1n) is 1.57. The highest BCUT2D eigenvalue weighted by Crippen LogP contribution is 1.56. The molecular formula is C5H2O2. The lowest BCUT2D eigenvalue weighted by Gasteiger charge is -1.45. The highest BCUT2D eigenvalue weighted by molar-refractivity contribution is 5.51. The number of carbonyl (C=O) groups excluding carboxylic acids is 2. The fourth-order valence-electron chi connectivity index (χ4n) is 0.110. The minimum atomic E-state index is 1.03. The van der Waals surface area contributed by atoms with Crippen molar-refractivity contribution in [3.8, 4) is 0 Å². The van der Waals surface area contributed by atoms with Crippen LogP contribution >= 0.6 is 0 Å². The zero-order valence-corrected chi connectivity index (χ0v) is 3.47. The molecule has 0 aromatic carbocycles. The molecule has 0 unspecified atom stereocenters. The van der Waals surface area contributed by atoms with Gasteiger partial charge >= 0.3 is 0 Å². The van der Waals surface area contributed by atoms with E-state index in [1.165, 1.54) is 11.9 Å². The van der Waals surface area contributed by atoms with Crippen LogP contribution in [0.2, 0.25) is 0 Å². The maximum absolute atomic E-state index is 9.30. The van der Waals surface area contributed by atoms with Crippen molar-refractivity contribution < 1.29 is 9.59 Å². The number of hydrogen-bond acceptors (Lipinski definition) is 2. The molecule has 2 nitrogen and oxygen atoms in total. The maximum atomic E-state index is 9.30. The zero-order valence-electron chi connectivity index (χ0n) is 3.47. The van der Waals surface area contributed by atoms with Crippen LogP contribution in [0, 0.1) is 0 Å². The fourth-order valence-corrected chi connectivity index (χ4v) is 0.110. The summed E-state index contributed by atoms with van der Waals surface area (Å²) in [7, 11) is 0. The van der Waals surface area contributed by atoms with E-state index >= 15 is 0 Å². The van der Waals surface area contributed by atoms with E-state index in [0.29, 0.717) is 0 Å². The molecule has 0 bridgehead atoms. The lowest BCUT2D eigenvalue weighted by atomic mass is 10.6. The van der Waals surface area contributed by atoms with Gasteiger partial charge < -0.3 is 0 Å². The van der Waals surface area contributed by atoms with Crippen molar-refractivity contribution in [2.45, 2.75) is 0 Å². The third kappa shape index (κ3) is 4.68. The maximum Gasteiger partial charge on any atom is 0.177 e. The van der Waals surface area contributed by atoms with Gasteiger partial charge in [-0.25, -0.2) is 9.59 Å². The van der Waals surface area contributed by atoms with Gasteiger partial charge in [0, 0.05) is 12.2 Å². The molecule has 0 aliphatic rings. The summed E-state index contributed by atoms with van der Waals surface area (Å²) in [5.74, 6) is 2.77. The van der Waals surface area contributed by atoms with Gasteiger partial charge in [-0.05, 0) is 5.73 Å². The molecule has 0 saturated heterocycles. The zero-order chi connectivity index (χ0) is 5.54. The van der Waals surface area contributed by atoms with Crippen molar-refractivity contribution in [1.82, 2.24) is 0 Å². The van der Waals surface area contributed by atoms with Gasteiger partial charge in [-0.3, -0.25) is 0 Å². The average molecular weight is 94.1 g/mol. The van der Waals surface area contributed by atoms with Crippen LogP contribution in [-0.2, 0) is 9.59 Å². The minimum Gasteiger partial charge on any atom is -0.233 e. The van der Waals surface area contributed by atoms with Crippen LogP contribution in [0.4, 0.5) is 0 Å². The van der Waals surface area contributed by atoms with Crippen molar-refractivity contribution in [3.63, 3.8) is 0 Å². The Labute approximate surface area is 40.5 Å². The molecule has 0 aromatic rings. The minimum absolute atomic E-state index is 1.03. The predicted molar refractivity (Wildman–Crippen MR) is 24.0 cm³/mol. The van der Waals surface area contributed by atoms with E-state index < -0.39 is 0 Å². The molecular weight excluding hydrogens is 92.1 g/mol. The topological polar surface area (TPSA) is 34.1 Å². The Kier molecular flexibility index (Phi) is 3.80. The molecule has 0 aliphatic heterocycles. The van der Waals surface area contributed by atoms with Gasteiger partial charge in [0.05, 0.1) is 0 Å². The van der Waals surface area contributed by atoms with Crippen LogP contribution in [0.25, 0.3) is 0 Å². The normalized spacial score (nSPS) is 4.57. The Balaban J connectivity index is 3.96. The molecule has 0 aliphatic carbocycles. The van der Waals surface area contributed by atoms with Gasteiger partial charge in [-0.1, -0.05) is 0 Å². The largest absolute Gasteiger partial charge is 0.233 e. The molecule has 0 heterocycles.